The Labute approximate surface area is 243 Å². The number of carbonyl (C=O) groups excluding carboxylic acids is 2. The zero-order chi connectivity index (χ0) is 28.7. The molecule has 2 amide bonds. The van der Waals surface area contributed by atoms with Crippen LogP contribution in [0, 0.1) is 17.8 Å². The summed E-state index contributed by atoms with van der Waals surface area (Å²) < 4.78 is 6.17. The highest BCUT2D eigenvalue weighted by Crippen LogP contribution is 2.51. The molecule has 2 heterocycles. The van der Waals surface area contributed by atoms with Gasteiger partial charge in [-0.3, -0.25) is 14.5 Å². The van der Waals surface area contributed by atoms with Crippen molar-refractivity contribution in [3.05, 3.63) is 58.7 Å². The zero-order valence-corrected chi connectivity index (χ0v) is 24.4. The number of fused-ring (bicyclic) bond motifs is 4. The molecule has 6 nitrogen and oxygen atoms in total. The zero-order valence-electron chi connectivity index (χ0n) is 24.4. The fourth-order valence-electron chi connectivity index (χ4n) is 8.20. The van der Waals surface area contributed by atoms with Crippen LogP contribution >= 0.6 is 0 Å². The summed E-state index contributed by atoms with van der Waals surface area (Å²) in [7, 11) is -0.938. The summed E-state index contributed by atoms with van der Waals surface area (Å²) in [5.74, 6) is -0.545. The van der Waals surface area contributed by atoms with Crippen molar-refractivity contribution in [3.63, 3.8) is 0 Å². The van der Waals surface area contributed by atoms with E-state index >= 15 is 0 Å². The standard InChI is InChI=1S/C34H42BNO5/c1-3-9-22(19-23-15-16-29(37)26-13-8-7-12-25(23)26)14-17-30-31-21(2)18-27-32(28(31)20-35(40)41-30)34(39)36(33(27)38)24-10-5-4-6-11-24/h7-8,12-13,15-16,19,24,27-28,30,32,37,40H,3-6,9-11,14,17-18,20H2,1-2H3/b22-19+/t27-,28+,30-,32-/m1/s1. The molecule has 2 N–H and O–H groups in total. The molecule has 0 aromatic heterocycles. The third-order valence-electron chi connectivity index (χ3n) is 10.0. The van der Waals surface area contributed by atoms with E-state index in [1.165, 1.54) is 12.0 Å². The minimum atomic E-state index is -0.938. The lowest BCUT2D eigenvalue weighted by Crippen LogP contribution is -2.46. The Morgan fingerprint density at radius 2 is 1.78 bits per heavy atom. The number of carbonyl (C=O) groups is 2. The van der Waals surface area contributed by atoms with Gasteiger partial charge in [-0.25, -0.2) is 0 Å². The minimum absolute atomic E-state index is 0.0112. The first-order valence-electron chi connectivity index (χ1n) is 15.7. The van der Waals surface area contributed by atoms with Crippen LogP contribution in [0.4, 0.5) is 0 Å². The fourth-order valence-corrected chi connectivity index (χ4v) is 8.20. The van der Waals surface area contributed by atoms with E-state index in [4.69, 9.17) is 4.65 Å². The summed E-state index contributed by atoms with van der Waals surface area (Å²) in [5.41, 5.74) is 4.68. The number of rotatable bonds is 7. The summed E-state index contributed by atoms with van der Waals surface area (Å²) >= 11 is 0. The Kier molecular flexibility index (Phi) is 8.11. The van der Waals surface area contributed by atoms with Gasteiger partial charge < -0.3 is 14.8 Å². The molecule has 1 saturated carbocycles. The molecule has 216 valence electrons. The molecule has 0 unspecified atom stereocenters. The SMILES string of the molecule is CCC/C(=C\c1ccc(O)c2ccccc12)CC[C@H]1OB(O)C[C@H]2C1=C(C)C[C@H]1C(=O)N(C3CCCCC3)C(=O)[C@H]12. The maximum absolute atomic E-state index is 13.8. The number of amides is 2. The molecule has 7 heteroatoms. The van der Waals surface area contributed by atoms with Crippen LogP contribution in [0.5, 0.6) is 5.75 Å². The second kappa shape index (κ2) is 11.8. The monoisotopic (exact) mass is 555 g/mol. The van der Waals surface area contributed by atoms with E-state index in [0.717, 1.165) is 72.4 Å². The predicted molar refractivity (Wildman–Crippen MR) is 162 cm³/mol. The lowest BCUT2D eigenvalue weighted by atomic mass is 9.58. The molecule has 41 heavy (non-hydrogen) atoms. The molecule has 0 spiro atoms. The van der Waals surface area contributed by atoms with Crippen molar-refractivity contribution in [2.75, 3.05) is 0 Å². The van der Waals surface area contributed by atoms with Crippen LogP contribution in [0.15, 0.2) is 53.1 Å². The normalized spacial score (nSPS) is 27.5. The molecule has 6 rings (SSSR count). The third kappa shape index (κ3) is 5.28. The minimum Gasteiger partial charge on any atom is -0.507 e. The lowest BCUT2D eigenvalue weighted by molar-refractivity contribution is -0.143. The number of hydrogen-bond acceptors (Lipinski definition) is 5. The number of nitrogens with zero attached hydrogens (tertiary/aromatic N) is 1. The highest BCUT2D eigenvalue weighted by Gasteiger charge is 2.57. The van der Waals surface area contributed by atoms with Crippen molar-refractivity contribution in [2.24, 2.45) is 17.8 Å². The van der Waals surface area contributed by atoms with Crippen LogP contribution in [-0.2, 0) is 14.2 Å². The van der Waals surface area contributed by atoms with Gasteiger partial charge in [-0.2, -0.15) is 0 Å². The highest BCUT2D eigenvalue weighted by molar-refractivity contribution is 6.43. The Bertz CT molecular complexity index is 1390. The van der Waals surface area contributed by atoms with Crippen molar-refractivity contribution in [2.45, 2.75) is 96.5 Å². The summed E-state index contributed by atoms with van der Waals surface area (Å²) in [5, 5.41) is 23.1. The number of imide groups is 1. The first kappa shape index (κ1) is 28.2. The van der Waals surface area contributed by atoms with Crippen molar-refractivity contribution < 1.29 is 24.4 Å². The number of likely N-dealkylation sites (tertiary alicyclic amines) is 1. The van der Waals surface area contributed by atoms with Gasteiger partial charge >= 0.3 is 7.12 Å². The summed E-state index contributed by atoms with van der Waals surface area (Å²) in [6, 6.07) is 11.7. The second-order valence-corrected chi connectivity index (χ2v) is 12.6. The highest BCUT2D eigenvalue weighted by atomic mass is 16.5. The van der Waals surface area contributed by atoms with Gasteiger partial charge in [0.1, 0.15) is 5.75 Å². The third-order valence-corrected chi connectivity index (χ3v) is 10.0. The van der Waals surface area contributed by atoms with Crippen LogP contribution in [0.2, 0.25) is 6.32 Å². The van der Waals surface area contributed by atoms with Gasteiger partial charge in [0.15, 0.2) is 0 Å². The molecule has 3 fully saturated rings. The molecule has 2 aliphatic heterocycles. The van der Waals surface area contributed by atoms with Crippen molar-refractivity contribution in [1.82, 2.24) is 4.90 Å². The van der Waals surface area contributed by atoms with Gasteiger partial charge in [-0.05, 0) is 80.3 Å². The van der Waals surface area contributed by atoms with Gasteiger partial charge in [0, 0.05) is 11.4 Å². The van der Waals surface area contributed by atoms with E-state index in [2.05, 4.69) is 19.9 Å². The molecular weight excluding hydrogens is 513 g/mol. The molecule has 0 bridgehead atoms. The molecule has 4 aliphatic rings. The van der Waals surface area contributed by atoms with Crippen molar-refractivity contribution in [3.8, 4) is 5.75 Å². The van der Waals surface area contributed by atoms with Crippen LogP contribution in [0.3, 0.4) is 0 Å². The summed E-state index contributed by atoms with van der Waals surface area (Å²) in [6.45, 7) is 4.27. The number of hydrogen-bond donors (Lipinski definition) is 2. The fraction of sp³-hybridized carbons (Fsp3) is 0.529. The van der Waals surface area contributed by atoms with Gasteiger partial charge in [-0.15, -0.1) is 0 Å². The predicted octanol–water partition coefficient (Wildman–Crippen LogP) is 6.66. The van der Waals surface area contributed by atoms with Gasteiger partial charge in [0.25, 0.3) is 0 Å². The van der Waals surface area contributed by atoms with Crippen molar-refractivity contribution >= 4 is 35.8 Å². The summed E-state index contributed by atoms with van der Waals surface area (Å²) in [6.07, 6.45) is 11.6. The average molecular weight is 556 g/mol. The number of allylic oxidation sites excluding steroid dienone is 2. The first-order chi connectivity index (χ1) is 19.9. The quantitative estimate of drug-likeness (QED) is 0.227. The Morgan fingerprint density at radius 3 is 2.54 bits per heavy atom. The van der Waals surface area contributed by atoms with E-state index in [1.807, 2.05) is 30.3 Å². The van der Waals surface area contributed by atoms with Gasteiger partial charge in [-0.1, -0.05) is 80.2 Å². The second-order valence-electron chi connectivity index (χ2n) is 12.6. The molecule has 2 aliphatic carbocycles. The molecular formula is C34H42BNO5. The molecule has 0 radical (unpaired) electrons. The van der Waals surface area contributed by atoms with Crippen LogP contribution in [0.1, 0.15) is 83.6 Å². The maximum Gasteiger partial charge on any atom is 0.455 e. The first-order valence-corrected chi connectivity index (χ1v) is 15.7. The van der Waals surface area contributed by atoms with Crippen LogP contribution in [0.25, 0.3) is 16.8 Å². The number of aromatic hydroxyl groups is 1. The lowest BCUT2D eigenvalue weighted by Gasteiger charge is -2.42. The van der Waals surface area contributed by atoms with E-state index in [0.29, 0.717) is 19.2 Å². The number of phenolic OH excluding ortho intramolecular Hbond substituents is 1. The van der Waals surface area contributed by atoms with Crippen LogP contribution < -0.4 is 0 Å². The average Bonchev–Trinajstić information content (AvgIpc) is 3.22. The molecule has 2 saturated heterocycles. The topological polar surface area (TPSA) is 87.1 Å². The van der Waals surface area contributed by atoms with Crippen molar-refractivity contribution in [1.29, 1.82) is 0 Å². The summed E-state index contributed by atoms with van der Waals surface area (Å²) in [4.78, 5) is 29.0. The largest absolute Gasteiger partial charge is 0.507 e. The Balaban J connectivity index is 1.25. The molecule has 2 aromatic carbocycles. The van der Waals surface area contributed by atoms with Gasteiger partial charge in [0.05, 0.1) is 17.9 Å². The van der Waals surface area contributed by atoms with E-state index in [1.54, 1.807) is 11.0 Å². The van der Waals surface area contributed by atoms with E-state index < -0.39 is 7.12 Å². The maximum atomic E-state index is 13.8. The Morgan fingerprint density at radius 1 is 1.02 bits per heavy atom. The van der Waals surface area contributed by atoms with E-state index in [-0.39, 0.29) is 47.5 Å². The molecule has 4 atom stereocenters. The smallest absolute Gasteiger partial charge is 0.455 e. The number of benzene rings is 2. The van der Waals surface area contributed by atoms with E-state index in [9.17, 15) is 19.7 Å². The molecule has 2 aromatic rings. The van der Waals surface area contributed by atoms with Gasteiger partial charge in [0.2, 0.25) is 11.8 Å². The Hall–Kier alpha value is -2.90. The number of phenols is 1. The van der Waals surface area contributed by atoms with Crippen LogP contribution in [-0.4, -0.2) is 46.1 Å².